The van der Waals surface area contributed by atoms with Gasteiger partial charge in [0.1, 0.15) is 0 Å². The van der Waals surface area contributed by atoms with E-state index in [-0.39, 0.29) is 6.42 Å². The van der Waals surface area contributed by atoms with E-state index < -0.39 is 5.97 Å². The number of hydrogen-bond acceptors (Lipinski definition) is 4. The summed E-state index contributed by atoms with van der Waals surface area (Å²) in [5.74, 6) is -0.784. The van der Waals surface area contributed by atoms with E-state index in [1.807, 2.05) is 24.3 Å². The van der Waals surface area contributed by atoms with E-state index in [0.29, 0.717) is 0 Å². The molecule has 0 saturated heterocycles. The predicted molar refractivity (Wildman–Crippen MR) is 86.8 cm³/mol. The minimum Gasteiger partial charge on any atom is -0.481 e. The fourth-order valence-electron chi connectivity index (χ4n) is 2.10. The Morgan fingerprint density at radius 3 is 2.71 bits per heavy atom. The van der Waals surface area contributed by atoms with Crippen LogP contribution in [0.3, 0.4) is 0 Å². The summed E-state index contributed by atoms with van der Waals surface area (Å²) in [6.45, 7) is 1.63. The van der Waals surface area contributed by atoms with E-state index in [2.05, 4.69) is 36.4 Å². The number of aliphatic carboxylic acids is 1. The van der Waals surface area contributed by atoms with E-state index in [9.17, 15) is 4.79 Å². The second-order valence-corrected chi connectivity index (χ2v) is 6.48. The average molecular weight is 304 g/mol. The molecule has 0 radical (unpaired) electrons. The summed E-state index contributed by atoms with van der Waals surface area (Å²) in [5.41, 5.74) is 2.35. The van der Waals surface area contributed by atoms with Crippen LogP contribution in [0.4, 0.5) is 5.69 Å². The maximum atomic E-state index is 10.7. The Morgan fingerprint density at radius 1 is 1.24 bits per heavy atom. The topological polar surface area (TPSA) is 52.6 Å². The molecule has 1 aromatic heterocycles. The Balaban J connectivity index is 1.93. The van der Waals surface area contributed by atoms with Gasteiger partial charge in [0.25, 0.3) is 0 Å². The third-order valence-electron chi connectivity index (χ3n) is 2.94. The lowest BCUT2D eigenvalue weighted by Gasteiger charge is -2.11. The molecule has 0 saturated carbocycles. The number of carbonyl (C=O) groups is 1. The Kier molecular flexibility index (Phi) is 5.36. The van der Waals surface area contributed by atoms with Gasteiger partial charge in [0.2, 0.25) is 0 Å². The van der Waals surface area contributed by atoms with E-state index in [1.165, 1.54) is 5.56 Å². The van der Waals surface area contributed by atoms with Gasteiger partial charge in [-0.2, -0.15) is 0 Å². The first-order valence-electron chi connectivity index (χ1n) is 6.80. The summed E-state index contributed by atoms with van der Waals surface area (Å²) in [7, 11) is 4.10. The maximum absolute atomic E-state index is 10.7. The van der Waals surface area contributed by atoms with Crippen molar-refractivity contribution in [2.24, 2.45) is 0 Å². The molecule has 0 aliphatic carbocycles. The first-order chi connectivity index (χ1) is 10.0. The van der Waals surface area contributed by atoms with Gasteiger partial charge in [-0.3, -0.25) is 4.79 Å². The van der Waals surface area contributed by atoms with Crippen molar-refractivity contribution in [2.75, 3.05) is 19.4 Å². The number of carboxylic acid groups (broad SMARTS) is 1. The molecule has 112 valence electrons. The Hall–Kier alpha value is -1.85. The second kappa shape index (κ2) is 7.24. The SMILES string of the molecule is CN(C)Cc1cccc(NCc2ccc(CC(=O)O)s2)c1. The van der Waals surface area contributed by atoms with Gasteiger partial charge in [-0.05, 0) is 43.9 Å². The van der Waals surface area contributed by atoms with Gasteiger partial charge in [0.15, 0.2) is 0 Å². The number of hydrogen-bond donors (Lipinski definition) is 2. The largest absolute Gasteiger partial charge is 0.481 e. The van der Waals surface area contributed by atoms with Crippen molar-refractivity contribution in [1.82, 2.24) is 4.90 Å². The van der Waals surface area contributed by atoms with E-state index in [1.54, 1.807) is 11.3 Å². The molecule has 4 nitrogen and oxygen atoms in total. The molecule has 2 N–H and O–H groups in total. The smallest absolute Gasteiger partial charge is 0.308 e. The molecule has 0 spiro atoms. The Bertz CT molecular complexity index is 608. The molecule has 1 heterocycles. The number of nitrogens with one attached hydrogen (secondary N) is 1. The third-order valence-corrected chi connectivity index (χ3v) is 4.02. The number of anilines is 1. The Morgan fingerprint density at radius 2 is 2.00 bits per heavy atom. The summed E-state index contributed by atoms with van der Waals surface area (Å²) in [5, 5.41) is 12.2. The number of rotatable bonds is 7. The zero-order valence-electron chi connectivity index (χ0n) is 12.3. The summed E-state index contributed by atoms with van der Waals surface area (Å²) >= 11 is 1.54. The van der Waals surface area contributed by atoms with Crippen molar-refractivity contribution in [3.05, 3.63) is 51.7 Å². The highest BCUT2D eigenvalue weighted by Gasteiger charge is 2.05. The fourth-order valence-corrected chi connectivity index (χ4v) is 3.04. The van der Waals surface area contributed by atoms with Crippen LogP contribution in [-0.4, -0.2) is 30.1 Å². The quantitative estimate of drug-likeness (QED) is 0.825. The molecule has 0 aliphatic rings. The second-order valence-electron chi connectivity index (χ2n) is 5.23. The van der Waals surface area contributed by atoms with Crippen LogP contribution < -0.4 is 5.32 Å². The molecule has 0 atom stereocenters. The van der Waals surface area contributed by atoms with Crippen molar-refractivity contribution in [1.29, 1.82) is 0 Å². The molecule has 2 rings (SSSR count). The van der Waals surface area contributed by atoms with E-state index >= 15 is 0 Å². The molecule has 0 amide bonds. The average Bonchev–Trinajstić information content (AvgIpc) is 2.83. The highest BCUT2D eigenvalue weighted by atomic mass is 32.1. The van der Waals surface area contributed by atoms with Crippen LogP contribution in [0, 0.1) is 0 Å². The van der Waals surface area contributed by atoms with Crippen molar-refractivity contribution in [3.63, 3.8) is 0 Å². The van der Waals surface area contributed by atoms with Crippen molar-refractivity contribution in [2.45, 2.75) is 19.5 Å². The zero-order chi connectivity index (χ0) is 15.2. The molecular formula is C16H20N2O2S. The number of carboxylic acids is 1. The summed E-state index contributed by atoms with van der Waals surface area (Å²) in [4.78, 5) is 14.8. The lowest BCUT2D eigenvalue weighted by atomic mass is 10.2. The molecule has 0 fully saturated rings. The molecule has 21 heavy (non-hydrogen) atoms. The van der Waals surface area contributed by atoms with Crippen molar-refractivity contribution >= 4 is 23.0 Å². The van der Waals surface area contributed by atoms with Gasteiger partial charge < -0.3 is 15.3 Å². The minimum absolute atomic E-state index is 0.100. The zero-order valence-corrected chi connectivity index (χ0v) is 13.1. The van der Waals surface area contributed by atoms with Gasteiger partial charge in [0.05, 0.1) is 6.42 Å². The molecule has 2 aromatic rings. The van der Waals surface area contributed by atoms with Crippen LogP contribution in [0.15, 0.2) is 36.4 Å². The highest BCUT2D eigenvalue weighted by Crippen LogP contribution is 2.19. The molecule has 0 bridgehead atoms. The normalized spacial score (nSPS) is 10.8. The predicted octanol–water partition coefficient (Wildman–Crippen LogP) is 3.05. The molecular weight excluding hydrogens is 284 g/mol. The van der Waals surface area contributed by atoms with Crippen LogP contribution in [0.5, 0.6) is 0 Å². The van der Waals surface area contributed by atoms with Crippen LogP contribution in [0.25, 0.3) is 0 Å². The minimum atomic E-state index is -0.784. The Labute approximate surface area is 129 Å². The third kappa shape index (κ3) is 5.21. The van der Waals surface area contributed by atoms with Crippen LogP contribution in [-0.2, 0) is 24.3 Å². The van der Waals surface area contributed by atoms with Gasteiger partial charge in [-0.1, -0.05) is 12.1 Å². The summed E-state index contributed by atoms with van der Waals surface area (Å²) in [6, 6.07) is 12.2. The number of thiophene rings is 1. The monoisotopic (exact) mass is 304 g/mol. The van der Waals surface area contributed by atoms with Gasteiger partial charge in [-0.15, -0.1) is 11.3 Å². The van der Waals surface area contributed by atoms with Crippen LogP contribution in [0.1, 0.15) is 15.3 Å². The van der Waals surface area contributed by atoms with Crippen LogP contribution >= 0.6 is 11.3 Å². The van der Waals surface area contributed by atoms with Crippen LogP contribution in [0.2, 0.25) is 0 Å². The summed E-state index contributed by atoms with van der Waals surface area (Å²) < 4.78 is 0. The standard InChI is InChI=1S/C16H20N2O2S/c1-18(2)11-12-4-3-5-13(8-12)17-10-15-7-6-14(21-15)9-16(19)20/h3-8,17H,9-11H2,1-2H3,(H,19,20). The number of nitrogens with zero attached hydrogens (tertiary/aromatic N) is 1. The van der Waals surface area contributed by atoms with Gasteiger partial charge in [0, 0.05) is 28.5 Å². The fraction of sp³-hybridized carbons (Fsp3) is 0.312. The maximum Gasteiger partial charge on any atom is 0.308 e. The highest BCUT2D eigenvalue weighted by molar-refractivity contribution is 7.12. The number of benzene rings is 1. The molecule has 0 unspecified atom stereocenters. The van der Waals surface area contributed by atoms with Crippen molar-refractivity contribution < 1.29 is 9.90 Å². The van der Waals surface area contributed by atoms with E-state index in [4.69, 9.17) is 5.11 Å². The first-order valence-corrected chi connectivity index (χ1v) is 7.61. The molecule has 0 aliphatic heterocycles. The van der Waals surface area contributed by atoms with Gasteiger partial charge >= 0.3 is 5.97 Å². The van der Waals surface area contributed by atoms with Gasteiger partial charge in [-0.25, -0.2) is 0 Å². The van der Waals surface area contributed by atoms with Crippen molar-refractivity contribution in [3.8, 4) is 0 Å². The molecule has 1 aromatic carbocycles. The lowest BCUT2D eigenvalue weighted by molar-refractivity contribution is -0.136. The lowest BCUT2D eigenvalue weighted by Crippen LogP contribution is -2.10. The molecule has 5 heteroatoms. The first kappa shape index (κ1) is 15.5. The summed E-state index contributed by atoms with van der Waals surface area (Å²) in [6.07, 6.45) is 0.100. The van der Waals surface area contributed by atoms with E-state index in [0.717, 1.165) is 28.5 Å².